The third-order valence-electron chi connectivity index (χ3n) is 3.33. The minimum absolute atomic E-state index is 0.0556. The molecule has 21 heavy (non-hydrogen) atoms. The number of aromatic hydroxyl groups is 2. The maximum atomic E-state index is 12.5. The second-order valence-electron chi connectivity index (χ2n) is 4.48. The summed E-state index contributed by atoms with van der Waals surface area (Å²) < 4.78 is 1.34. The van der Waals surface area contributed by atoms with Gasteiger partial charge in [0.2, 0.25) is 0 Å². The third-order valence-corrected chi connectivity index (χ3v) is 3.33. The van der Waals surface area contributed by atoms with E-state index in [0.717, 1.165) is 0 Å². The minimum atomic E-state index is -0.557. The van der Waals surface area contributed by atoms with Crippen LogP contribution in [0.1, 0.15) is 48.7 Å². The number of rotatable bonds is 6. The Hall–Kier alpha value is -2.18. The van der Waals surface area contributed by atoms with Gasteiger partial charge in [0.15, 0.2) is 22.9 Å². The van der Waals surface area contributed by atoms with Crippen molar-refractivity contribution in [1.82, 2.24) is 14.8 Å². The summed E-state index contributed by atoms with van der Waals surface area (Å²) in [5.74, 6) is -2.04. The average molecular weight is 297 g/mol. The number of hydrogen-bond donors (Lipinski definition) is 3. The molecule has 1 aromatic heterocycles. The zero-order valence-electron chi connectivity index (χ0n) is 12.9. The van der Waals surface area contributed by atoms with Crippen LogP contribution in [0.25, 0.3) is 0 Å². The molecule has 0 fully saturated rings. The van der Waals surface area contributed by atoms with Crippen molar-refractivity contribution in [3.05, 3.63) is 11.4 Å². The van der Waals surface area contributed by atoms with E-state index in [1.54, 1.807) is 13.8 Å². The van der Waals surface area contributed by atoms with Crippen molar-refractivity contribution in [2.24, 2.45) is 0 Å². The van der Waals surface area contributed by atoms with Gasteiger partial charge in [0.25, 0.3) is 11.8 Å². The molecule has 0 aromatic carbocycles. The normalized spacial score (nSPS) is 10.5. The lowest BCUT2D eigenvalue weighted by atomic mass is 10.3. The molecule has 1 aromatic rings. The van der Waals surface area contributed by atoms with Crippen molar-refractivity contribution in [2.45, 2.75) is 34.2 Å². The molecule has 0 aliphatic rings. The number of nitrogens with one attached hydrogen (secondary N) is 1. The summed E-state index contributed by atoms with van der Waals surface area (Å²) in [5.41, 5.74) is -0.146. The fraction of sp³-hybridized carbons (Fsp3) is 0.571. The molecule has 3 N–H and O–H groups in total. The molecule has 0 unspecified atom stereocenters. The topological polar surface area (TPSA) is 94.8 Å². The molecule has 1 rings (SSSR count). The third kappa shape index (κ3) is 2.96. The number of carbonyl (C=O) groups excluding carboxylic acids is 2. The first-order chi connectivity index (χ1) is 9.94. The largest absolute Gasteiger partial charge is 0.503 e. The summed E-state index contributed by atoms with van der Waals surface area (Å²) in [5, 5.41) is 22.6. The Morgan fingerprint density at radius 3 is 2.00 bits per heavy atom. The number of amides is 2. The van der Waals surface area contributed by atoms with Crippen LogP contribution in [0, 0.1) is 0 Å². The number of carbonyl (C=O) groups is 2. The Kier molecular flexibility index (Phi) is 5.63. The van der Waals surface area contributed by atoms with Crippen LogP contribution in [0.2, 0.25) is 0 Å². The molecule has 7 nitrogen and oxygen atoms in total. The van der Waals surface area contributed by atoms with Crippen LogP contribution in [-0.4, -0.2) is 51.1 Å². The van der Waals surface area contributed by atoms with E-state index in [4.69, 9.17) is 0 Å². The number of nitrogens with zero attached hydrogens (tertiary/aromatic N) is 2. The fourth-order valence-corrected chi connectivity index (χ4v) is 2.26. The van der Waals surface area contributed by atoms with Crippen molar-refractivity contribution in [1.29, 1.82) is 0 Å². The zero-order valence-corrected chi connectivity index (χ0v) is 12.9. The minimum Gasteiger partial charge on any atom is -0.503 e. The van der Waals surface area contributed by atoms with E-state index in [-0.39, 0.29) is 17.9 Å². The summed E-state index contributed by atoms with van der Waals surface area (Å²) in [7, 11) is 0. The van der Waals surface area contributed by atoms with E-state index in [1.807, 2.05) is 13.8 Å². The SMILES string of the molecule is CCNC(=O)c1c(O)c(O)c(C(=O)N(CC)CC)n1CC. The second kappa shape index (κ2) is 7.01. The van der Waals surface area contributed by atoms with Crippen LogP contribution in [0.5, 0.6) is 11.5 Å². The summed E-state index contributed by atoms with van der Waals surface area (Å²) in [6.07, 6.45) is 0. The highest BCUT2D eigenvalue weighted by Crippen LogP contribution is 2.36. The van der Waals surface area contributed by atoms with E-state index in [0.29, 0.717) is 19.6 Å². The molecular weight excluding hydrogens is 274 g/mol. The van der Waals surface area contributed by atoms with Crippen LogP contribution in [0.3, 0.4) is 0 Å². The lowest BCUT2D eigenvalue weighted by Gasteiger charge is -2.19. The van der Waals surface area contributed by atoms with Gasteiger partial charge in [0.1, 0.15) is 0 Å². The van der Waals surface area contributed by atoms with Gasteiger partial charge in [-0.3, -0.25) is 9.59 Å². The molecule has 0 spiro atoms. The average Bonchev–Trinajstić information content (AvgIpc) is 2.72. The Morgan fingerprint density at radius 2 is 1.57 bits per heavy atom. The van der Waals surface area contributed by atoms with Gasteiger partial charge >= 0.3 is 0 Å². The smallest absolute Gasteiger partial charge is 0.274 e. The zero-order chi connectivity index (χ0) is 16.2. The fourth-order valence-electron chi connectivity index (χ4n) is 2.26. The first-order valence-corrected chi connectivity index (χ1v) is 7.16. The van der Waals surface area contributed by atoms with Gasteiger partial charge in [-0.05, 0) is 27.7 Å². The molecule has 0 atom stereocenters. The van der Waals surface area contributed by atoms with Crippen molar-refractivity contribution in [3.63, 3.8) is 0 Å². The molecule has 1 heterocycles. The summed E-state index contributed by atoms with van der Waals surface area (Å²) in [6.45, 7) is 8.74. The summed E-state index contributed by atoms with van der Waals surface area (Å²) in [4.78, 5) is 26.0. The highest BCUT2D eigenvalue weighted by atomic mass is 16.3. The van der Waals surface area contributed by atoms with Gasteiger partial charge in [0, 0.05) is 26.2 Å². The standard InChI is InChI=1S/C14H23N3O4/c1-5-15-13(20)9-11(18)12(19)10(17(9)8-4)14(21)16(6-2)7-3/h18-19H,5-8H2,1-4H3,(H,15,20). The Balaban J connectivity index is 3.44. The van der Waals surface area contributed by atoms with E-state index >= 15 is 0 Å². The Labute approximate surface area is 124 Å². The molecule has 118 valence electrons. The van der Waals surface area contributed by atoms with E-state index in [1.165, 1.54) is 9.47 Å². The van der Waals surface area contributed by atoms with Crippen molar-refractivity contribution < 1.29 is 19.8 Å². The molecule has 0 aliphatic heterocycles. The lowest BCUT2D eigenvalue weighted by Crippen LogP contribution is -2.33. The highest BCUT2D eigenvalue weighted by Gasteiger charge is 2.31. The number of aromatic nitrogens is 1. The first kappa shape index (κ1) is 16.9. The predicted octanol–water partition coefficient (Wildman–Crippen LogP) is 1.15. The molecule has 0 aliphatic carbocycles. The monoisotopic (exact) mass is 297 g/mol. The maximum Gasteiger partial charge on any atom is 0.274 e. The van der Waals surface area contributed by atoms with Crippen LogP contribution < -0.4 is 5.32 Å². The van der Waals surface area contributed by atoms with Crippen molar-refractivity contribution in [3.8, 4) is 11.5 Å². The maximum absolute atomic E-state index is 12.5. The van der Waals surface area contributed by atoms with Crippen LogP contribution in [0.15, 0.2) is 0 Å². The van der Waals surface area contributed by atoms with Crippen molar-refractivity contribution in [2.75, 3.05) is 19.6 Å². The molecule has 0 saturated heterocycles. The molecule has 0 saturated carbocycles. The number of hydrogen-bond acceptors (Lipinski definition) is 4. The van der Waals surface area contributed by atoms with Crippen molar-refractivity contribution >= 4 is 11.8 Å². The van der Waals surface area contributed by atoms with Crippen LogP contribution >= 0.6 is 0 Å². The Morgan fingerprint density at radius 1 is 1.05 bits per heavy atom. The molecule has 7 heteroatoms. The molecular formula is C14H23N3O4. The molecule has 0 radical (unpaired) electrons. The van der Waals surface area contributed by atoms with Gasteiger partial charge < -0.3 is 25.0 Å². The van der Waals surface area contributed by atoms with Gasteiger partial charge in [-0.25, -0.2) is 0 Å². The second-order valence-corrected chi connectivity index (χ2v) is 4.48. The van der Waals surface area contributed by atoms with Gasteiger partial charge in [0.05, 0.1) is 0 Å². The molecule has 2 amide bonds. The van der Waals surface area contributed by atoms with E-state index in [9.17, 15) is 19.8 Å². The van der Waals surface area contributed by atoms with Gasteiger partial charge in [-0.2, -0.15) is 0 Å². The first-order valence-electron chi connectivity index (χ1n) is 7.16. The lowest BCUT2D eigenvalue weighted by molar-refractivity contribution is 0.0758. The van der Waals surface area contributed by atoms with Gasteiger partial charge in [-0.1, -0.05) is 0 Å². The Bertz CT molecular complexity index is 533. The quantitative estimate of drug-likeness (QED) is 0.734. The predicted molar refractivity (Wildman–Crippen MR) is 78.7 cm³/mol. The molecule has 0 bridgehead atoms. The van der Waals surface area contributed by atoms with Crippen LogP contribution in [-0.2, 0) is 6.54 Å². The van der Waals surface area contributed by atoms with E-state index < -0.39 is 23.3 Å². The van der Waals surface area contributed by atoms with Crippen LogP contribution in [0.4, 0.5) is 0 Å². The van der Waals surface area contributed by atoms with Gasteiger partial charge in [-0.15, -0.1) is 0 Å². The summed E-state index contributed by atoms with van der Waals surface area (Å²) >= 11 is 0. The summed E-state index contributed by atoms with van der Waals surface area (Å²) in [6, 6.07) is 0. The highest BCUT2D eigenvalue weighted by molar-refractivity contribution is 6.03. The van der Waals surface area contributed by atoms with E-state index in [2.05, 4.69) is 5.32 Å².